The Labute approximate surface area is 151 Å². The fourth-order valence-corrected chi connectivity index (χ4v) is 3.27. The second-order valence-corrected chi connectivity index (χ2v) is 7.16. The molecule has 0 bridgehead atoms. The quantitative estimate of drug-likeness (QED) is 0.573. The van der Waals surface area contributed by atoms with Crippen molar-refractivity contribution in [1.29, 1.82) is 0 Å². The molecule has 3 aliphatic rings. The van der Waals surface area contributed by atoms with E-state index in [4.69, 9.17) is 14.2 Å². The van der Waals surface area contributed by atoms with E-state index in [0.29, 0.717) is 13.6 Å². The first-order valence-electron chi connectivity index (χ1n) is 9.35. The van der Waals surface area contributed by atoms with Crippen LogP contribution in [0.25, 0.3) is 0 Å². The van der Waals surface area contributed by atoms with Crippen LogP contribution in [0.4, 0.5) is 0 Å². The van der Waals surface area contributed by atoms with Crippen molar-refractivity contribution in [3.05, 3.63) is 0 Å². The molecule has 0 saturated carbocycles. The maximum Gasteiger partial charge on any atom is 0.150 e. The van der Waals surface area contributed by atoms with Gasteiger partial charge in [0.2, 0.25) is 0 Å². The highest BCUT2D eigenvalue weighted by Gasteiger charge is 2.27. The zero-order valence-electron chi connectivity index (χ0n) is 15.7. The van der Waals surface area contributed by atoms with Crippen LogP contribution in [0.15, 0.2) is 0 Å². The Kier molecular flexibility index (Phi) is 7.84. The molecule has 0 radical (unpaired) electrons. The van der Waals surface area contributed by atoms with E-state index >= 15 is 0 Å². The SMILES string of the molecule is CN1CCN(NCC2OCOCOC2CNN2CCN(C)CC2)CC1. The lowest BCUT2D eigenvalue weighted by Crippen LogP contribution is -2.56. The van der Waals surface area contributed by atoms with Crippen molar-refractivity contribution in [3.63, 3.8) is 0 Å². The van der Waals surface area contributed by atoms with Crippen LogP contribution in [0, 0.1) is 0 Å². The van der Waals surface area contributed by atoms with Crippen LogP contribution in [0.3, 0.4) is 0 Å². The molecule has 3 aliphatic heterocycles. The van der Waals surface area contributed by atoms with E-state index in [0.717, 1.165) is 65.4 Å². The molecule has 0 aromatic rings. The number of piperazine rings is 2. The van der Waals surface area contributed by atoms with E-state index in [-0.39, 0.29) is 12.2 Å². The van der Waals surface area contributed by atoms with Gasteiger partial charge in [0.25, 0.3) is 0 Å². The number of hydrogen-bond acceptors (Lipinski definition) is 9. The van der Waals surface area contributed by atoms with Gasteiger partial charge in [-0.1, -0.05) is 0 Å². The van der Waals surface area contributed by atoms with E-state index < -0.39 is 0 Å². The number of hydrogen-bond donors (Lipinski definition) is 2. The number of likely N-dealkylation sites (N-methyl/N-ethyl adjacent to an activating group) is 2. The van der Waals surface area contributed by atoms with Gasteiger partial charge in [-0.3, -0.25) is 10.9 Å². The molecule has 0 spiro atoms. The maximum absolute atomic E-state index is 5.87. The number of hydrazine groups is 2. The van der Waals surface area contributed by atoms with Crippen molar-refractivity contribution < 1.29 is 14.2 Å². The van der Waals surface area contributed by atoms with Gasteiger partial charge < -0.3 is 24.0 Å². The third kappa shape index (κ3) is 6.38. The van der Waals surface area contributed by atoms with Gasteiger partial charge in [0.15, 0.2) is 0 Å². The van der Waals surface area contributed by atoms with Gasteiger partial charge in [-0.2, -0.15) is 0 Å². The molecule has 25 heavy (non-hydrogen) atoms. The highest BCUT2D eigenvalue weighted by Crippen LogP contribution is 2.09. The number of rotatable bonds is 6. The van der Waals surface area contributed by atoms with Gasteiger partial charge in [-0.25, -0.2) is 10.0 Å². The predicted octanol–water partition coefficient (Wildman–Crippen LogP) is -1.79. The highest BCUT2D eigenvalue weighted by molar-refractivity contribution is 4.78. The van der Waals surface area contributed by atoms with Gasteiger partial charge in [0.05, 0.1) is 0 Å². The molecular weight excluding hydrogens is 324 g/mol. The first-order chi connectivity index (χ1) is 12.2. The van der Waals surface area contributed by atoms with E-state index in [9.17, 15) is 0 Å². The van der Waals surface area contributed by atoms with Crippen LogP contribution in [0.2, 0.25) is 0 Å². The molecular formula is C16H34N6O3. The monoisotopic (exact) mass is 358 g/mol. The van der Waals surface area contributed by atoms with Crippen molar-refractivity contribution in [2.75, 3.05) is 93.1 Å². The number of nitrogens with one attached hydrogen (secondary N) is 2. The van der Waals surface area contributed by atoms with Gasteiger partial charge >= 0.3 is 0 Å². The smallest absolute Gasteiger partial charge is 0.150 e. The fraction of sp³-hybridized carbons (Fsp3) is 1.00. The van der Waals surface area contributed by atoms with E-state index in [1.807, 2.05) is 0 Å². The van der Waals surface area contributed by atoms with Gasteiger partial charge in [0, 0.05) is 65.4 Å². The van der Waals surface area contributed by atoms with E-state index in [1.54, 1.807) is 0 Å². The Morgan fingerprint density at radius 2 is 1.08 bits per heavy atom. The maximum atomic E-state index is 5.87. The first kappa shape index (κ1) is 19.4. The fourth-order valence-electron chi connectivity index (χ4n) is 3.27. The molecule has 3 saturated heterocycles. The predicted molar refractivity (Wildman–Crippen MR) is 94.7 cm³/mol. The molecule has 3 heterocycles. The Morgan fingerprint density at radius 3 is 1.48 bits per heavy atom. The third-order valence-corrected chi connectivity index (χ3v) is 5.18. The summed E-state index contributed by atoms with van der Waals surface area (Å²) < 4.78 is 17.1. The van der Waals surface area contributed by atoms with Crippen molar-refractivity contribution in [2.24, 2.45) is 0 Å². The zero-order valence-corrected chi connectivity index (χ0v) is 15.7. The molecule has 9 heteroatoms. The minimum Gasteiger partial charge on any atom is -0.348 e. The zero-order chi connectivity index (χ0) is 17.5. The Morgan fingerprint density at radius 1 is 0.680 bits per heavy atom. The molecule has 0 amide bonds. The largest absolute Gasteiger partial charge is 0.348 e. The van der Waals surface area contributed by atoms with Gasteiger partial charge in [0.1, 0.15) is 25.8 Å². The Bertz CT molecular complexity index is 341. The Balaban J connectivity index is 1.42. The molecule has 0 aromatic carbocycles. The summed E-state index contributed by atoms with van der Waals surface area (Å²) >= 11 is 0. The van der Waals surface area contributed by atoms with Crippen molar-refractivity contribution in [3.8, 4) is 0 Å². The molecule has 9 nitrogen and oxygen atoms in total. The normalized spacial score (nSPS) is 31.9. The van der Waals surface area contributed by atoms with Crippen LogP contribution >= 0.6 is 0 Å². The topological polar surface area (TPSA) is 64.7 Å². The summed E-state index contributed by atoms with van der Waals surface area (Å²) in [7, 11) is 4.33. The molecule has 2 unspecified atom stereocenters. The van der Waals surface area contributed by atoms with Crippen LogP contribution in [0.1, 0.15) is 0 Å². The summed E-state index contributed by atoms with van der Waals surface area (Å²) in [5, 5.41) is 4.56. The summed E-state index contributed by atoms with van der Waals surface area (Å²) in [6.07, 6.45) is -0.0516. The molecule has 146 valence electrons. The summed E-state index contributed by atoms with van der Waals surface area (Å²) in [5.74, 6) is 0. The lowest BCUT2D eigenvalue weighted by atomic mass is 10.2. The average Bonchev–Trinajstić information content (AvgIpc) is 2.86. The van der Waals surface area contributed by atoms with E-state index in [2.05, 4.69) is 44.8 Å². The van der Waals surface area contributed by atoms with Crippen LogP contribution in [-0.4, -0.2) is 125 Å². The minimum absolute atomic E-state index is 0.0258. The summed E-state index contributed by atoms with van der Waals surface area (Å²) in [5.41, 5.74) is 7.02. The molecule has 3 fully saturated rings. The molecule has 0 aliphatic carbocycles. The molecule has 3 rings (SSSR count). The molecule has 0 aromatic heterocycles. The average molecular weight is 358 g/mol. The third-order valence-electron chi connectivity index (χ3n) is 5.18. The lowest BCUT2D eigenvalue weighted by molar-refractivity contribution is -0.0895. The highest BCUT2D eigenvalue weighted by atomic mass is 16.8. The summed E-state index contributed by atoms with van der Waals surface area (Å²) in [6.45, 7) is 10.5. The molecule has 2 N–H and O–H groups in total. The number of nitrogens with zero attached hydrogens (tertiary/aromatic N) is 4. The second kappa shape index (κ2) is 10.1. The van der Waals surface area contributed by atoms with Gasteiger partial charge in [-0.15, -0.1) is 0 Å². The first-order valence-corrected chi connectivity index (χ1v) is 9.35. The summed E-state index contributed by atoms with van der Waals surface area (Å²) in [4.78, 5) is 4.69. The van der Waals surface area contributed by atoms with Crippen molar-refractivity contribution in [2.45, 2.75) is 12.2 Å². The standard InChI is InChI=1S/C16H34N6O3/c1-19-3-7-21(8-4-19)17-11-15-16(25-14-23-13-24-15)12-18-22-9-5-20(2)6-10-22/h15-18H,3-14H2,1-2H3. The van der Waals surface area contributed by atoms with Crippen LogP contribution in [-0.2, 0) is 14.2 Å². The lowest BCUT2D eigenvalue weighted by Gasteiger charge is -2.36. The second-order valence-electron chi connectivity index (χ2n) is 7.16. The summed E-state index contributed by atoms with van der Waals surface area (Å²) in [6, 6.07) is 0. The van der Waals surface area contributed by atoms with E-state index in [1.165, 1.54) is 0 Å². The van der Waals surface area contributed by atoms with Gasteiger partial charge in [-0.05, 0) is 14.1 Å². The van der Waals surface area contributed by atoms with Crippen LogP contribution in [0.5, 0.6) is 0 Å². The van der Waals surface area contributed by atoms with Crippen molar-refractivity contribution in [1.82, 2.24) is 30.7 Å². The number of ether oxygens (including phenoxy) is 3. The molecule has 2 atom stereocenters. The minimum atomic E-state index is -0.0258. The van der Waals surface area contributed by atoms with Crippen molar-refractivity contribution >= 4 is 0 Å². The Hall–Kier alpha value is -0.360. The van der Waals surface area contributed by atoms with Crippen LogP contribution < -0.4 is 10.9 Å².